The minimum atomic E-state index is -4.14. The maximum atomic E-state index is 11.6. The molecule has 0 aliphatic heterocycles. The van der Waals surface area contributed by atoms with Gasteiger partial charge >= 0.3 is 6.18 Å². The van der Waals surface area contributed by atoms with Crippen LogP contribution < -0.4 is 11.3 Å². The first-order valence-electron chi connectivity index (χ1n) is 4.09. The van der Waals surface area contributed by atoms with Crippen molar-refractivity contribution in [3.05, 3.63) is 0 Å². The van der Waals surface area contributed by atoms with Gasteiger partial charge in [0.05, 0.1) is 13.0 Å². The zero-order valence-corrected chi connectivity index (χ0v) is 7.56. The second kappa shape index (κ2) is 6.61. The first kappa shape index (κ1) is 13.2. The third kappa shape index (κ3) is 9.27. The van der Waals surface area contributed by atoms with Crippen LogP contribution in [0.3, 0.4) is 0 Å². The van der Waals surface area contributed by atoms with Crippen LogP contribution >= 0.6 is 0 Å². The van der Waals surface area contributed by atoms with Gasteiger partial charge < -0.3 is 4.74 Å². The molecule has 0 aromatic rings. The van der Waals surface area contributed by atoms with Crippen LogP contribution in [-0.2, 0) is 9.53 Å². The summed E-state index contributed by atoms with van der Waals surface area (Å²) < 4.78 is 39.6. The molecule has 0 radical (unpaired) electrons. The van der Waals surface area contributed by atoms with Gasteiger partial charge in [0, 0.05) is 13.0 Å². The van der Waals surface area contributed by atoms with E-state index in [2.05, 4.69) is 0 Å². The third-order valence-electron chi connectivity index (χ3n) is 1.38. The van der Waals surface area contributed by atoms with Crippen molar-refractivity contribution in [1.29, 1.82) is 0 Å². The molecule has 0 fully saturated rings. The lowest BCUT2D eigenvalue weighted by Gasteiger charge is -2.06. The van der Waals surface area contributed by atoms with Crippen LogP contribution in [0, 0.1) is 0 Å². The molecule has 0 rings (SSSR count). The van der Waals surface area contributed by atoms with Crippen molar-refractivity contribution in [1.82, 2.24) is 5.43 Å². The van der Waals surface area contributed by atoms with E-state index in [9.17, 15) is 18.0 Å². The number of ether oxygens (including phenoxy) is 1. The Hall–Kier alpha value is -0.820. The Morgan fingerprint density at radius 1 is 1.36 bits per heavy atom. The average molecular weight is 214 g/mol. The summed E-state index contributed by atoms with van der Waals surface area (Å²) >= 11 is 0. The predicted octanol–water partition coefficient (Wildman–Crippen LogP) is 0.725. The molecule has 0 aliphatic rings. The van der Waals surface area contributed by atoms with Crippen molar-refractivity contribution in [3.8, 4) is 0 Å². The van der Waals surface area contributed by atoms with Crippen LogP contribution in [0.5, 0.6) is 0 Å². The van der Waals surface area contributed by atoms with E-state index in [-0.39, 0.29) is 26.1 Å². The topological polar surface area (TPSA) is 64.3 Å². The van der Waals surface area contributed by atoms with E-state index in [0.717, 1.165) is 0 Å². The van der Waals surface area contributed by atoms with Crippen molar-refractivity contribution in [2.75, 3.05) is 13.2 Å². The fourth-order valence-corrected chi connectivity index (χ4v) is 0.714. The van der Waals surface area contributed by atoms with Gasteiger partial charge in [0.2, 0.25) is 5.91 Å². The molecular formula is C7H13F3N2O2. The number of amides is 1. The second-order valence-electron chi connectivity index (χ2n) is 2.65. The third-order valence-corrected chi connectivity index (χ3v) is 1.38. The summed E-state index contributed by atoms with van der Waals surface area (Å²) in [4.78, 5) is 10.5. The molecule has 14 heavy (non-hydrogen) atoms. The summed E-state index contributed by atoms with van der Waals surface area (Å²) in [6.07, 6.45) is -5.04. The van der Waals surface area contributed by atoms with Gasteiger partial charge in [0.25, 0.3) is 0 Å². The molecule has 1 amide bonds. The van der Waals surface area contributed by atoms with E-state index in [1.807, 2.05) is 5.43 Å². The van der Waals surface area contributed by atoms with Crippen molar-refractivity contribution in [3.63, 3.8) is 0 Å². The Morgan fingerprint density at radius 2 is 2.00 bits per heavy atom. The van der Waals surface area contributed by atoms with Gasteiger partial charge in [0.15, 0.2) is 0 Å². The Morgan fingerprint density at radius 3 is 2.50 bits per heavy atom. The molecular weight excluding hydrogens is 201 g/mol. The van der Waals surface area contributed by atoms with Crippen LogP contribution in [0.25, 0.3) is 0 Å². The van der Waals surface area contributed by atoms with Gasteiger partial charge in [0.1, 0.15) is 0 Å². The van der Waals surface area contributed by atoms with Crippen LogP contribution in [0.1, 0.15) is 19.3 Å². The lowest BCUT2D eigenvalue weighted by molar-refractivity contribution is -0.138. The number of carbonyl (C=O) groups is 1. The molecule has 0 aromatic carbocycles. The van der Waals surface area contributed by atoms with Crippen molar-refractivity contribution in [2.24, 2.45) is 5.84 Å². The van der Waals surface area contributed by atoms with Gasteiger partial charge in [-0.1, -0.05) is 0 Å². The molecule has 0 spiro atoms. The number of alkyl halides is 3. The fraction of sp³-hybridized carbons (Fsp3) is 0.857. The molecule has 0 aliphatic carbocycles. The minimum Gasteiger partial charge on any atom is -0.381 e. The highest BCUT2D eigenvalue weighted by Crippen LogP contribution is 2.20. The Bertz CT molecular complexity index is 173. The molecule has 0 aromatic heterocycles. The number of hydrogen-bond donors (Lipinski definition) is 2. The largest absolute Gasteiger partial charge is 0.389 e. The maximum absolute atomic E-state index is 11.6. The number of carbonyl (C=O) groups excluding carboxylic acids is 1. The fourth-order valence-electron chi connectivity index (χ4n) is 0.714. The molecule has 7 heteroatoms. The minimum absolute atomic E-state index is 0.00262. The predicted molar refractivity (Wildman–Crippen MR) is 43.1 cm³/mol. The quantitative estimate of drug-likeness (QED) is 0.296. The molecule has 0 saturated heterocycles. The summed E-state index contributed by atoms with van der Waals surface area (Å²) in [5, 5.41) is 0. The second-order valence-corrected chi connectivity index (χ2v) is 2.65. The van der Waals surface area contributed by atoms with Crippen molar-refractivity contribution >= 4 is 5.91 Å². The SMILES string of the molecule is NNC(=O)CCOCCCC(F)(F)F. The highest BCUT2D eigenvalue weighted by molar-refractivity contribution is 5.75. The zero-order chi connectivity index (χ0) is 11.0. The van der Waals surface area contributed by atoms with E-state index in [4.69, 9.17) is 10.6 Å². The summed E-state index contributed by atoms with van der Waals surface area (Å²) in [5.74, 6) is 4.36. The Labute approximate surface area is 79.6 Å². The molecule has 0 bridgehead atoms. The van der Waals surface area contributed by atoms with E-state index < -0.39 is 18.5 Å². The van der Waals surface area contributed by atoms with Crippen LogP contribution in [-0.4, -0.2) is 25.3 Å². The van der Waals surface area contributed by atoms with Gasteiger partial charge in [-0.25, -0.2) is 5.84 Å². The van der Waals surface area contributed by atoms with E-state index in [1.54, 1.807) is 0 Å². The van der Waals surface area contributed by atoms with Gasteiger partial charge in [-0.15, -0.1) is 0 Å². The maximum Gasteiger partial charge on any atom is 0.389 e. The summed E-state index contributed by atoms with van der Waals surface area (Å²) in [6, 6.07) is 0. The van der Waals surface area contributed by atoms with Crippen LogP contribution in [0.15, 0.2) is 0 Å². The van der Waals surface area contributed by atoms with E-state index in [1.165, 1.54) is 0 Å². The molecule has 4 nitrogen and oxygen atoms in total. The van der Waals surface area contributed by atoms with Gasteiger partial charge in [-0.2, -0.15) is 13.2 Å². The normalized spacial score (nSPS) is 11.4. The van der Waals surface area contributed by atoms with Crippen LogP contribution in [0.2, 0.25) is 0 Å². The summed E-state index contributed by atoms with van der Waals surface area (Å²) in [5.41, 5.74) is 1.88. The molecule has 0 saturated carbocycles. The number of nitrogens with one attached hydrogen (secondary N) is 1. The van der Waals surface area contributed by atoms with Crippen LogP contribution in [0.4, 0.5) is 13.2 Å². The zero-order valence-electron chi connectivity index (χ0n) is 7.56. The summed E-state index contributed by atoms with van der Waals surface area (Å²) in [6.45, 7) is 0.0816. The monoisotopic (exact) mass is 214 g/mol. The first-order valence-corrected chi connectivity index (χ1v) is 4.09. The summed E-state index contributed by atoms with van der Waals surface area (Å²) in [7, 11) is 0. The molecule has 0 unspecified atom stereocenters. The standard InChI is InChI=1S/C7H13F3N2O2/c8-7(9,10)3-1-4-14-5-2-6(13)12-11/h1-5,11H2,(H,12,13). The highest BCUT2D eigenvalue weighted by Gasteiger charge is 2.25. The molecule has 3 N–H and O–H groups in total. The Balaban J connectivity index is 3.18. The number of hydrazine groups is 1. The van der Waals surface area contributed by atoms with E-state index >= 15 is 0 Å². The average Bonchev–Trinajstić information content (AvgIpc) is 2.08. The smallest absolute Gasteiger partial charge is 0.381 e. The Kier molecular flexibility index (Phi) is 6.22. The van der Waals surface area contributed by atoms with Crippen molar-refractivity contribution < 1.29 is 22.7 Å². The lowest BCUT2D eigenvalue weighted by Crippen LogP contribution is -2.30. The van der Waals surface area contributed by atoms with E-state index in [0.29, 0.717) is 0 Å². The number of hydrogen-bond acceptors (Lipinski definition) is 3. The number of nitrogens with two attached hydrogens (primary N) is 1. The number of halogens is 3. The molecule has 0 heterocycles. The molecule has 84 valence electrons. The lowest BCUT2D eigenvalue weighted by atomic mass is 10.3. The van der Waals surface area contributed by atoms with Gasteiger partial charge in [-0.3, -0.25) is 10.2 Å². The van der Waals surface area contributed by atoms with Gasteiger partial charge in [-0.05, 0) is 6.42 Å². The number of rotatable bonds is 6. The van der Waals surface area contributed by atoms with Crippen molar-refractivity contribution in [2.45, 2.75) is 25.4 Å². The first-order chi connectivity index (χ1) is 6.45. The molecule has 0 atom stereocenters. The highest BCUT2D eigenvalue weighted by atomic mass is 19.4.